The molecule has 3 aliphatic rings. The molecule has 0 saturated heterocycles. The Hall–Kier alpha value is -2.63. The van der Waals surface area contributed by atoms with Crippen molar-refractivity contribution >= 4 is 11.7 Å². The number of hydrogen-bond acceptors (Lipinski definition) is 3. The molecule has 158 valence electrons. The molecule has 2 atom stereocenters. The van der Waals surface area contributed by atoms with Crippen LogP contribution in [-0.4, -0.2) is 23.7 Å². The first-order valence-corrected chi connectivity index (χ1v) is 10.6. The Balaban J connectivity index is 1.34. The second kappa shape index (κ2) is 7.25. The summed E-state index contributed by atoms with van der Waals surface area (Å²) in [5.41, 5.74) is 3.53. The maximum atomic E-state index is 14.6. The number of aliphatic carboxylic acids is 1. The zero-order valence-electron chi connectivity index (χ0n) is 16.9. The summed E-state index contributed by atoms with van der Waals surface area (Å²) in [4.78, 5) is 13.0. The summed E-state index contributed by atoms with van der Waals surface area (Å²) in [6.45, 7) is 3.21. The van der Waals surface area contributed by atoms with Gasteiger partial charge in [-0.2, -0.15) is 0 Å². The first-order valence-electron chi connectivity index (χ1n) is 10.6. The van der Waals surface area contributed by atoms with Crippen molar-refractivity contribution in [3.63, 3.8) is 0 Å². The quantitative estimate of drug-likeness (QED) is 0.758. The molecule has 30 heavy (non-hydrogen) atoms. The lowest BCUT2D eigenvalue weighted by Crippen LogP contribution is -2.33. The first-order chi connectivity index (χ1) is 14.4. The number of fused-ring (bicyclic) bond motifs is 1. The van der Waals surface area contributed by atoms with Crippen LogP contribution in [0.4, 0.5) is 14.5 Å². The van der Waals surface area contributed by atoms with E-state index in [-0.39, 0.29) is 23.6 Å². The second-order valence-corrected chi connectivity index (χ2v) is 9.04. The summed E-state index contributed by atoms with van der Waals surface area (Å²) in [7, 11) is 0. The van der Waals surface area contributed by atoms with Crippen LogP contribution in [0.1, 0.15) is 48.8 Å². The van der Waals surface area contributed by atoms with Gasteiger partial charge in [0, 0.05) is 25.2 Å². The van der Waals surface area contributed by atoms with Gasteiger partial charge in [-0.3, -0.25) is 4.79 Å². The largest absolute Gasteiger partial charge is 0.490 e. The molecule has 0 amide bonds. The highest BCUT2D eigenvalue weighted by Crippen LogP contribution is 2.48. The Labute approximate surface area is 174 Å². The zero-order chi connectivity index (χ0) is 21.0. The number of anilines is 1. The lowest BCUT2D eigenvalue weighted by atomic mass is 9.84. The topological polar surface area (TPSA) is 49.8 Å². The molecule has 6 heteroatoms. The van der Waals surface area contributed by atoms with Crippen molar-refractivity contribution in [1.82, 2.24) is 0 Å². The average molecular weight is 413 g/mol. The molecule has 0 unspecified atom stereocenters. The van der Waals surface area contributed by atoms with E-state index in [1.165, 1.54) is 0 Å². The molecular formula is C24H25F2NO3. The molecular weight excluding hydrogens is 388 g/mol. The van der Waals surface area contributed by atoms with E-state index in [9.17, 15) is 13.6 Å². The number of carboxylic acid groups (broad SMARTS) is 1. The van der Waals surface area contributed by atoms with Crippen molar-refractivity contribution in [3.8, 4) is 5.75 Å². The van der Waals surface area contributed by atoms with Gasteiger partial charge in [0.05, 0.1) is 17.7 Å². The van der Waals surface area contributed by atoms with E-state index in [0.717, 1.165) is 35.6 Å². The fraction of sp³-hybridized carbons (Fsp3) is 0.458. The van der Waals surface area contributed by atoms with E-state index >= 15 is 0 Å². The van der Waals surface area contributed by atoms with E-state index in [1.807, 2.05) is 17.0 Å². The van der Waals surface area contributed by atoms with Crippen molar-refractivity contribution in [2.24, 2.45) is 11.8 Å². The van der Waals surface area contributed by atoms with Crippen LogP contribution in [0.2, 0.25) is 0 Å². The Morgan fingerprint density at radius 3 is 2.63 bits per heavy atom. The molecule has 1 aliphatic heterocycles. The third-order valence-electron chi connectivity index (χ3n) is 6.73. The second-order valence-electron chi connectivity index (χ2n) is 9.04. The van der Waals surface area contributed by atoms with Crippen LogP contribution in [0.15, 0.2) is 30.3 Å². The van der Waals surface area contributed by atoms with Gasteiger partial charge in [0.1, 0.15) is 5.75 Å². The lowest BCUT2D eigenvalue weighted by molar-refractivity contribution is -0.138. The lowest BCUT2D eigenvalue weighted by Gasteiger charge is -2.34. The highest BCUT2D eigenvalue weighted by Gasteiger charge is 2.44. The number of carbonyl (C=O) groups is 1. The molecule has 2 aliphatic carbocycles. The number of rotatable bonds is 5. The van der Waals surface area contributed by atoms with Crippen LogP contribution >= 0.6 is 0 Å². The van der Waals surface area contributed by atoms with E-state index in [2.05, 4.69) is 13.0 Å². The highest BCUT2D eigenvalue weighted by molar-refractivity contribution is 5.75. The summed E-state index contributed by atoms with van der Waals surface area (Å²) in [5, 5.41) is 9.16. The van der Waals surface area contributed by atoms with Crippen LogP contribution in [-0.2, 0) is 17.8 Å². The molecule has 2 aromatic carbocycles. The summed E-state index contributed by atoms with van der Waals surface area (Å²) in [5.74, 6) is -1.64. The standard InChI is InChI=1S/C24H25F2NO3/c1-13-6-17(7-13)30-18-9-21(25)23(26)22(10-18)27-5-4-14-8-15(2-3-16(14)12-27)19-11-20(19)24(28)29/h2-3,8-10,13,17,19-20H,4-7,11-12H2,1H3,(H,28,29)/t13-,17-,19-,20+/m0/s1. The van der Waals surface area contributed by atoms with E-state index in [0.29, 0.717) is 37.6 Å². The minimum absolute atomic E-state index is 0.0790. The van der Waals surface area contributed by atoms with Crippen LogP contribution < -0.4 is 9.64 Å². The van der Waals surface area contributed by atoms with Gasteiger partial charge in [-0.1, -0.05) is 25.1 Å². The van der Waals surface area contributed by atoms with E-state index < -0.39 is 17.6 Å². The van der Waals surface area contributed by atoms with Crippen LogP contribution in [0, 0.1) is 23.5 Å². The summed E-state index contributed by atoms with van der Waals surface area (Å²) < 4.78 is 34.7. The van der Waals surface area contributed by atoms with Gasteiger partial charge in [-0.15, -0.1) is 0 Å². The summed E-state index contributed by atoms with van der Waals surface area (Å²) in [6, 6.07) is 8.82. The predicted molar refractivity (Wildman–Crippen MR) is 109 cm³/mol. The summed E-state index contributed by atoms with van der Waals surface area (Å²) in [6.07, 6.45) is 3.36. The van der Waals surface area contributed by atoms with Gasteiger partial charge in [0.25, 0.3) is 0 Å². The fourth-order valence-corrected chi connectivity index (χ4v) is 4.81. The Morgan fingerprint density at radius 2 is 1.93 bits per heavy atom. The number of benzene rings is 2. The number of ether oxygens (including phenoxy) is 1. The van der Waals surface area contributed by atoms with Crippen molar-refractivity contribution < 1.29 is 23.4 Å². The number of hydrogen-bond donors (Lipinski definition) is 1. The molecule has 0 aromatic heterocycles. The van der Waals surface area contributed by atoms with Gasteiger partial charge in [-0.25, -0.2) is 8.78 Å². The molecule has 0 radical (unpaired) electrons. The maximum Gasteiger partial charge on any atom is 0.307 e. The van der Waals surface area contributed by atoms with Crippen LogP contribution in [0.25, 0.3) is 0 Å². The van der Waals surface area contributed by atoms with Crippen molar-refractivity contribution in [2.45, 2.75) is 51.2 Å². The molecule has 4 nitrogen and oxygen atoms in total. The monoisotopic (exact) mass is 413 g/mol. The molecule has 0 bridgehead atoms. The smallest absolute Gasteiger partial charge is 0.307 e. The van der Waals surface area contributed by atoms with Gasteiger partial charge in [0.2, 0.25) is 0 Å². The van der Waals surface area contributed by atoms with Gasteiger partial charge >= 0.3 is 5.97 Å². The van der Waals surface area contributed by atoms with E-state index in [4.69, 9.17) is 9.84 Å². The van der Waals surface area contributed by atoms with Gasteiger partial charge < -0.3 is 14.7 Å². The average Bonchev–Trinajstić information content (AvgIpc) is 3.50. The molecule has 1 N–H and O–H groups in total. The molecule has 2 saturated carbocycles. The number of halogens is 2. The third-order valence-corrected chi connectivity index (χ3v) is 6.73. The van der Waals surface area contributed by atoms with Crippen molar-refractivity contribution in [1.29, 1.82) is 0 Å². The van der Waals surface area contributed by atoms with Crippen molar-refractivity contribution in [3.05, 3.63) is 58.7 Å². The molecule has 5 rings (SSSR count). The first kappa shape index (κ1) is 19.3. The third kappa shape index (κ3) is 3.53. The normalized spacial score (nSPS) is 27.2. The van der Waals surface area contributed by atoms with Crippen LogP contribution in [0.5, 0.6) is 5.75 Å². The molecule has 2 aromatic rings. The van der Waals surface area contributed by atoms with Gasteiger partial charge in [-0.05, 0) is 54.2 Å². The predicted octanol–water partition coefficient (Wildman–Crippen LogP) is 4.89. The number of nitrogens with zero attached hydrogens (tertiary/aromatic N) is 1. The minimum atomic E-state index is -0.885. The minimum Gasteiger partial charge on any atom is -0.490 e. The fourth-order valence-electron chi connectivity index (χ4n) is 4.81. The Morgan fingerprint density at radius 1 is 1.13 bits per heavy atom. The Kier molecular flexibility index (Phi) is 4.68. The van der Waals surface area contributed by atoms with Gasteiger partial charge in [0.15, 0.2) is 11.6 Å². The zero-order valence-corrected chi connectivity index (χ0v) is 16.9. The molecule has 0 spiro atoms. The number of carboxylic acids is 1. The summed E-state index contributed by atoms with van der Waals surface area (Å²) >= 11 is 0. The molecule has 2 fully saturated rings. The van der Waals surface area contributed by atoms with Crippen molar-refractivity contribution in [2.75, 3.05) is 11.4 Å². The van der Waals surface area contributed by atoms with Crippen LogP contribution in [0.3, 0.4) is 0 Å². The maximum absolute atomic E-state index is 14.6. The Bertz CT molecular complexity index is 1000. The SMILES string of the molecule is C[C@H]1C[C@H](Oc2cc(F)c(F)c(N3CCc4cc([C@@H]5C[C@H]5C(=O)O)ccc4C3)c2)C1. The highest BCUT2D eigenvalue weighted by atomic mass is 19.2. The molecule has 1 heterocycles. The van der Waals surface area contributed by atoms with E-state index in [1.54, 1.807) is 6.07 Å².